The standard InChI is InChI=1S/C17H17NO7S2/c1-2-25-12-7-9(3-5-11(12)19)8-13-15(22)18(17(26)27-13)10(16(23)24)4-6-14(20)21/h3,5,7-8,10,19H,2,4,6H2,1H3,(H,20,21)(H,23,24)/p-2/b13-8-/t10-/m0/s1. The van der Waals surface area contributed by atoms with Crippen LogP contribution in [0.15, 0.2) is 23.1 Å². The highest BCUT2D eigenvalue weighted by Crippen LogP contribution is 2.36. The minimum atomic E-state index is -1.60. The van der Waals surface area contributed by atoms with E-state index in [1.54, 1.807) is 13.0 Å². The number of thioether (sulfide) groups is 1. The number of aliphatic carboxylic acids is 2. The Morgan fingerprint density at radius 2 is 2.11 bits per heavy atom. The molecular weight excluding hydrogens is 394 g/mol. The lowest BCUT2D eigenvalue weighted by molar-refractivity contribution is -0.311. The van der Waals surface area contributed by atoms with Crippen LogP contribution in [0.5, 0.6) is 11.5 Å². The first-order chi connectivity index (χ1) is 12.7. The van der Waals surface area contributed by atoms with Crippen molar-refractivity contribution in [3.63, 3.8) is 0 Å². The minimum Gasteiger partial charge on any atom is -0.550 e. The Morgan fingerprint density at radius 1 is 1.41 bits per heavy atom. The summed E-state index contributed by atoms with van der Waals surface area (Å²) in [5.41, 5.74) is 0.538. The fourth-order valence-corrected chi connectivity index (χ4v) is 3.76. The average molecular weight is 409 g/mol. The first-order valence-electron chi connectivity index (χ1n) is 7.88. The van der Waals surface area contributed by atoms with Crippen LogP contribution in [-0.4, -0.2) is 44.8 Å². The molecule has 0 radical (unpaired) electrons. The lowest BCUT2D eigenvalue weighted by Crippen LogP contribution is -2.50. The van der Waals surface area contributed by atoms with E-state index in [1.807, 2.05) is 0 Å². The molecular formula is C17H15NO7S2-2. The number of carboxylic acids is 2. The highest BCUT2D eigenvalue weighted by atomic mass is 32.2. The molecule has 1 aliphatic rings. The van der Waals surface area contributed by atoms with E-state index in [4.69, 9.17) is 17.0 Å². The van der Waals surface area contributed by atoms with Gasteiger partial charge in [0.2, 0.25) is 0 Å². The van der Waals surface area contributed by atoms with E-state index in [0.717, 1.165) is 16.7 Å². The van der Waals surface area contributed by atoms with E-state index in [9.17, 15) is 29.7 Å². The zero-order chi connectivity index (χ0) is 20.1. The van der Waals surface area contributed by atoms with Gasteiger partial charge in [0, 0.05) is 5.97 Å². The molecule has 27 heavy (non-hydrogen) atoms. The molecule has 0 aliphatic carbocycles. The first kappa shape index (κ1) is 20.7. The number of amides is 1. The third kappa shape index (κ3) is 4.98. The largest absolute Gasteiger partial charge is 0.550 e. The topological polar surface area (TPSA) is 130 Å². The second-order valence-corrected chi connectivity index (χ2v) is 7.13. The monoisotopic (exact) mass is 409 g/mol. The summed E-state index contributed by atoms with van der Waals surface area (Å²) < 4.78 is 5.27. The van der Waals surface area contributed by atoms with Gasteiger partial charge >= 0.3 is 0 Å². The molecule has 1 amide bonds. The smallest absolute Gasteiger partial charge is 0.266 e. The van der Waals surface area contributed by atoms with E-state index >= 15 is 0 Å². The maximum Gasteiger partial charge on any atom is 0.266 e. The number of ether oxygens (including phenoxy) is 1. The van der Waals surface area contributed by atoms with Crippen LogP contribution >= 0.6 is 24.0 Å². The van der Waals surface area contributed by atoms with Crippen LogP contribution in [0.2, 0.25) is 0 Å². The quantitative estimate of drug-likeness (QED) is 0.452. The van der Waals surface area contributed by atoms with Crippen molar-refractivity contribution in [2.45, 2.75) is 25.8 Å². The molecule has 10 heteroatoms. The Kier molecular flexibility index (Phi) is 6.81. The van der Waals surface area contributed by atoms with Gasteiger partial charge in [-0.05, 0) is 43.5 Å². The number of hydrogen-bond donors (Lipinski definition) is 1. The molecule has 1 aromatic carbocycles. The average Bonchev–Trinajstić information content (AvgIpc) is 2.85. The van der Waals surface area contributed by atoms with Crippen LogP contribution in [0.3, 0.4) is 0 Å². The van der Waals surface area contributed by atoms with Crippen LogP contribution in [0, 0.1) is 0 Å². The second kappa shape index (κ2) is 8.87. The van der Waals surface area contributed by atoms with Gasteiger partial charge in [-0.15, -0.1) is 0 Å². The number of nitrogens with zero attached hydrogens (tertiary/aromatic N) is 1. The number of phenolic OH excluding ortho intramolecular Hbond substituents is 1. The number of hydrogen-bond acceptors (Lipinski definition) is 9. The maximum absolute atomic E-state index is 12.6. The molecule has 0 unspecified atom stereocenters. The van der Waals surface area contributed by atoms with E-state index in [-0.39, 0.29) is 27.1 Å². The summed E-state index contributed by atoms with van der Waals surface area (Å²) in [5, 5.41) is 31.7. The molecule has 0 spiro atoms. The number of thiocarbonyl (C=S) groups is 1. The molecule has 1 aliphatic heterocycles. The number of benzene rings is 1. The summed E-state index contributed by atoms with van der Waals surface area (Å²) in [6.07, 6.45) is 0.550. The molecule has 1 heterocycles. The zero-order valence-electron chi connectivity index (χ0n) is 14.2. The molecule has 8 nitrogen and oxygen atoms in total. The number of carboxylic acid groups (broad SMARTS) is 2. The van der Waals surface area contributed by atoms with Gasteiger partial charge in [0.05, 0.1) is 23.5 Å². The van der Waals surface area contributed by atoms with Gasteiger partial charge in [-0.3, -0.25) is 9.69 Å². The van der Waals surface area contributed by atoms with Crippen molar-refractivity contribution in [1.29, 1.82) is 0 Å². The summed E-state index contributed by atoms with van der Waals surface area (Å²) >= 11 is 5.97. The van der Waals surface area contributed by atoms with Gasteiger partial charge in [0.25, 0.3) is 5.91 Å². The predicted molar refractivity (Wildman–Crippen MR) is 97.3 cm³/mol. The van der Waals surface area contributed by atoms with Gasteiger partial charge in [-0.1, -0.05) is 30.0 Å². The molecule has 144 valence electrons. The maximum atomic E-state index is 12.6. The lowest BCUT2D eigenvalue weighted by Gasteiger charge is -2.27. The van der Waals surface area contributed by atoms with Crippen molar-refractivity contribution in [1.82, 2.24) is 4.90 Å². The number of phenols is 1. The van der Waals surface area contributed by atoms with Crippen molar-refractivity contribution < 1.29 is 34.4 Å². The van der Waals surface area contributed by atoms with Gasteiger partial charge < -0.3 is 29.6 Å². The number of carbonyl (C=O) groups is 3. The van der Waals surface area contributed by atoms with Crippen LogP contribution < -0.4 is 14.9 Å². The third-order valence-corrected chi connectivity index (χ3v) is 4.94. The van der Waals surface area contributed by atoms with Crippen molar-refractivity contribution in [3.05, 3.63) is 28.7 Å². The fourth-order valence-electron chi connectivity index (χ4n) is 2.40. The SMILES string of the molecule is CCOc1cc(/C=C2\SC(=S)N([C@@H](CCC(=O)[O-])C(=O)[O-])C2=O)ccc1O. The Bertz CT molecular complexity index is 821. The van der Waals surface area contributed by atoms with Crippen LogP contribution in [-0.2, 0) is 14.4 Å². The molecule has 0 aromatic heterocycles. The van der Waals surface area contributed by atoms with E-state index in [0.29, 0.717) is 12.2 Å². The normalized spacial score (nSPS) is 16.6. The van der Waals surface area contributed by atoms with Gasteiger partial charge in [-0.2, -0.15) is 0 Å². The molecule has 1 saturated heterocycles. The molecule has 1 fully saturated rings. The number of aromatic hydroxyl groups is 1. The van der Waals surface area contributed by atoms with Crippen LogP contribution in [0.4, 0.5) is 0 Å². The molecule has 1 aromatic rings. The molecule has 1 atom stereocenters. The molecule has 2 rings (SSSR count). The van der Waals surface area contributed by atoms with Gasteiger partial charge in [0.15, 0.2) is 11.5 Å². The van der Waals surface area contributed by atoms with Crippen LogP contribution in [0.1, 0.15) is 25.3 Å². The molecule has 0 saturated carbocycles. The molecule has 0 bridgehead atoms. The first-order valence-corrected chi connectivity index (χ1v) is 9.10. The minimum absolute atomic E-state index is 0.0115. The summed E-state index contributed by atoms with van der Waals surface area (Å²) in [5.74, 6) is -3.51. The van der Waals surface area contributed by atoms with Gasteiger partial charge in [-0.25, -0.2) is 0 Å². The third-order valence-electron chi connectivity index (χ3n) is 3.61. The zero-order valence-corrected chi connectivity index (χ0v) is 15.8. The Morgan fingerprint density at radius 3 is 2.70 bits per heavy atom. The fraction of sp³-hybridized carbons (Fsp3) is 0.294. The predicted octanol–water partition coefficient (Wildman–Crippen LogP) is -0.359. The Labute approximate surface area is 164 Å². The summed E-state index contributed by atoms with van der Waals surface area (Å²) in [6.45, 7) is 2.09. The second-order valence-electron chi connectivity index (χ2n) is 5.46. The lowest BCUT2D eigenvalue weighted by atomic mass is 10.1. The molecule has 1 N–H and O–H groups in total. The van der Waals surface area contributed by atoms with Crippen molar-refractivity contribution in [2.24, 2.45) is 0 Å². The summed E-state index contributed by atoms with van der Waals surface area (Å²) in [7, 11) is 0. The Balaban J connectivity index is 2.28. The van der Waals surface area contributed by atoms with E-state index in [2.05, 4.69) is 0 Å². The highest BCUT2D eigenvalue weighted by Gasteiger charge is 2.37. The van der Waals surface area contributed by atoms with Crippen LogP contribution in [0.25, 0.3) is 6.08 Å². The van der Waals surface area contributed by atoms with Crippen molar-refractivity contribution in [2.75, 3.05) is 6.61 Å². The van der Waals surface area contributed by atoms with E-state index < -0.39 is 30.3 Å². The van der Waals surface area contributed by atoms with Crippen molar-refractivity contribution >= 4 is 52.2 Å². The van der Waals surface area contributed by atoms with Crippen molar-refractivity contribution in [3.8, 4) is 11.5 Å². The summed E-state index contributed by atoms with van der Waals surface area (Å²) in [6, 6.07) is 2.98. The Hall–Kier alpha value is -2.59. The number of carbonyl (C=O) groups excluding carboxylic acids is 3. The summed E-state index contributed by atoms with van der Waals surface area (Å²) in [4.78, 5) is 35.6. The van der Waals surface area contributed by atoms with Gasteiger partial charge in [0.1, 0.15) is 4.32 Å². The van der Waals surface area contributed by atoms with E-state index in [1.165, 1.54) is 18.2 Å². The number of rotatable bonds is 8. The highest BCUT2D eigenvalue weighted by molar-refractivity contribution is 8.26.